The van der Waals surface area contributed by atoms with Gasteiger partial charge in [0.25, 0.3) is 0 Å². The van der Waals surface area contributed by atoms with E-state index < -0.39 is 0 Å². The van der Waals surface area contributed by atoms with E-state index in [1.807, 2.05) is 0 Å². The lowest BCUT2D eigenvalue weighted by Crippen LogP contribution is -2.05. The van der Waals surface area contributed by atoms with Gasteiger partial charge in [-0.25, -0.2) is 0 Å². The number of carbonyl (C=O) groups excluding carboxylic acids is 1. The summed E-state index contributed by atoms with van der Waals surface area (Å²) < 4.78 is 5.33. The number of aliphatic hydroxyl groups is 1. The molecule has 0 amide bonds. The van der Waals surface area contributed by atoms with E-state index in [9.17, 15) is 9.90 Å². The van der Waals surface area contributed by atoms with Crippen molar-refractivity contribution in [3.05, 3.63) is 12.2 Å². The Morgan fingerprint density at radius 3 is 2.20 bits per heavy atom. The molecule has 0 aliphatic carbocycles. The molecule has 0 fully saturated rings. The lowest BCUT2D eigenvalue weighted by molar-refractivity contribution is -0.143. The van der Waals surface area contributed by atoms with Gasteiger partial charge >= 0.3 is 5.97 Å². The summed E-state index contributed by atoms with van der Waals surface area (Å²) >= 11 is 0. The molecular weight excluding hydrogens is 372 g/mol. The normalized spacial score (nSPS) is 12.7. The zero-order chi connectivity index (χ0) is 22.3. The fourth-order valence-corrected chi connectivity index (χ4v) is 3.62. The van der Waals surface area contributed by atoms with Crippen LogP contribution in [0.25, 0.3) is 0 Å². The van der Waals surface area contributed by atoms with Crippen molar-refractivity contribution in [3.8, 4) is 0 Å². The number of hydrogen-bond acceptors (Lipinski definition) is 3. The van der Waals surface area contributed by atoms with E-state index >= 15 is 0 Å². The second-order valence-electron chi connectivity index (χ2n) is 9.33. The molecule has 0 bridgehead atoms. The van der Waals surface area contributed by atoms with E-state index in [1.54, 1.807) is 0 Å². The first-order valence-corrected chi connectivity index (χ1v) is 13.0. The van der Waals surface area contributed by atoms with E-state index in [2.05, 4.69) is 32.9 Å². The van der Waals surface area contributed by atoms with Gasteiger partial charge in [0.1, 0.15) is 0 Å². The highest BCUT2D eigenvalue weighted by molar-refractivity contribution is 5.69. The van der Waals surface area contributed by atoms with Crippen LogP contribution in [0.1, 0.15) is 136 Å². The standard InChI is InChI=1S/C27H52O3/c1-4-5-6-16-21-26(28)22-17-11-9-7-8-10-12-18-23-27(29)30-24-19-14-13-15-20-25(2)3/h11,17,25-26,28H,4-10,12-16,18-24H2,1-3H3/b17-11-/t26-/m1/s1. The number of allylic oxidation sites excluding steroid dienone is 1. The van der Waals surface area contributed by atoms with Crippen molar-refractivity contribution in [2.45, 2.75) is 142 Å². The minimum atomic E-state index is -0.164. The van der Waals surface area contributed by atoms with Gasteiger partial charge in [-0.1, -0.05) is 104 Å². The minimum absolute atomic E-state index is 0.0200. The third-order valence-corrected chi connectivity index (χ3v) is 5.66. The molecule has 0 aromatic rings. The Bertz CT molecular complexity index is 390. The summed E-state index contributed by atoms with van der Waals surface area (Å²) in [4.78, 5) is 11.7. The van der Waals surface area contributed by atoms with Crippen molar-refractivity contribution >= 4 is 5.97 Å². The molecule has 0 saturated heterocycles. The molecule has 3 nitrogen and oxygen atoms in total. The Labute approximate surface area is 188 Å². The van der Waals surface area contributed by atoms with E-state index in [4.69, 9.17) is 4.74 Å². The van der Waals surface area contributed by atoms with Gasteiger partial charge in [0.2, 0.25) is 0 Å². The molecule has 0 unspecified atom stereocenters. The molecule has 0 aromatic carbocycles. The fraction of sp³-hybridized carbons (Fsp3) is 0.889. The SMILES string of the molecule is CCCCCC[C@@H](O)C/C=C\CCCCCCCC(=O)OCCCCCCC(C)C. The van der Waals surface area contributed by atoms with Crippen LogP contribution in [0.2, 0.25) is 0 Å². The van der Waals surface area contributed by atoms with Gasteiger partial charge in [0.15, 0.2) is 0 Å². The second kappa shape index (κ2) is 22.8. The quantitative estimate of drug-likeness (QED) is 0.108. The van der Waals surface area contributed by atoms with Gasteiger partial charge in [0, 0.05) is 6.42 Å². The predicted molar refractivity (Wildman–Crippen MR) is 130 cm³/mol. The lowest BCUT2D eigenvalue weighted by Gasteiger charge is -2.07. The fourth-order valence-electron chi connectivity index (χ4n) is 3.62. The minimum Gasteiger partial charge on any atom is -0.466 e. The largest absolute Gasteiger partial charge is 0.466 e. The molecule has 0 heterocycles. The molecule has 1 atom stereocenters. The first kappa shape index (κ1) is 29.2. The Hall–Kier alpha value is -0.830. The summed E-state index contributed by atoms with van der Waals surface area (Å²) in [5.74, 6) is 0.775. The number of ether oxygens (including phenoxy) is 1. The summed E-state index contributed by atoms with van der Waals surface area (Å²) in [7, 11) is 0. The molecular formula is C27H52O3. The zero-order valence-corrected chi connectivity index (χ0v) is 20.5. The summed E-state index contributed by atoms with van der Waals surface area (Å²) in [5.41, 5.74) is 0. The summed E-state index contributed by atoms with van der Waals surface area (Å²) in [6.45, 7) is 7.34. The van der Waals surface area contributed by atoms with Crippen molar-refractivity contribution < 1.29 is 14.6 Å². The highest BCUT2D eigenvalue weighted by Crippen LogP contribution is 2.12. The lowest BCUT2D eigenvalue weighted by atomic mass is 10.0. The molecule has 0 saturated carbocycles. The maximum atomic E-state index is 11.7. The Balaban J connectivity index is 3.32. The van der Waals surface area contributed by atoms with E-state index in [-0.39, 0.29) is 12.1 Å². The van der Waals surface area contributed by atoms with Crippen molar-refractivity contribution in [3.63, 3.8) is 0 Å². The molecule has 0 spiro atoms. The molecule has 0 radical (unpaired) electrons. The molecule has 0 rings (SSSR count). The van der Waals surface area contributed by atoms with Gasteiger partial charge in [-0.3, -0.25) is 4.79 Å². The number of carbonyl (C=O) groups is 1. The summed E-state index contributed by atoms with van der Waals surface area (Å²) in [5, 5.41) is 9.92. The molecule has 0 aromatic heterocycles. The molecule has 30 heavy (non-hydrogen) atoms. The highest BCUT2D eigenvalue weighted by atomic mass is 16.5. The van der Waals surface area contributed by atoms with Crippen molar-refractivity contribution in [2.24, 2.45) is 5.92 Å². The predicted octanol–water partition coefficient (Wildman–Crippen LogP) is 8.14. The smallest absolute Gasteiger partial charge is 0.305 e. The molecule has 178 valence electrons. The molecule has 0 aliphatic heterocycles. The average molecular weight is 425 g/mol. The van der Waals surface area contributed by atoms with Crippen molar-refractivity contribution in [1.29, 1.82) is 0 Å². The van der Waals surface area contributed by atoms with E-state index in [1.165, 1.54) is 64.2 Å². The van der Waals surface area contributed by atoms with Gasteiger partial charge < -0.3 is 9.84 Å². The van der Waals surface area contributed by atoms with Crippen LogP contribution < -0.4 is 0 Å². The van der Waals surface area contributed by atoms with E-state index in [0.717, 1.165) is 50.9 Å². The summed E-state index contributed by atoms with van der Waals surface area (Å²) in [6, 6.07) is 0. The van der Waals surface area contributed by atoms with Gasteiger partial charge in [-0.15, -0.1) is 0 Å². The number of unbranched alkanes of at least 4 members (excludes halogenated alkanes) is 11. The Morgan fingerprint density at radius 2 is 1.43 bits per heavy atom. The van der Waals surface area contributed by atoms with Crippen molar-refractivity contribution in [1.82, 2.24) is 0 Å². The number of aliphatic hydroxyl groups excluding tert-OH is 1. The van der Waals surface area contributed by atoms with Crippen LogP contribution in [-0.2, 0) is 9.53 Å². The molecule has 3 heteroatoms. The van der Waals surface area contributed by atoms with Crippen molar-refractivity contribution in [2.75, 3.05) is 6.61 Å². The second-order valence-corrected chi connectivity index (χ2v) is 9.33. The Morgan fingerprint density at radius 1 is 0.800 bits per heavy atom. The summed E-state index contributed by atoms with van der Waals surface area (Å²) in [6.07, 6.45) is 24.2. The van der Waals surface area contributed by atoms with Crippen LogP contribution in [0.3, 0.4) is 0 Å². The van der Waals surface area contributed by atoms with E-state index in [0.29, 0.717) is 13.0 Å². The third kappa shape index (κ3) is 23.4. The Kier molecular flexibility index (Phi) is 22.2. The monoisotopic (exact) mass is 424 g/mol. The molecule has 0 aliphatic rings. The third-order valence-electron chi connectivity index (χ3n) is 5.66. The first-order valence-electron chi connectivity index (χ1n) is 13.0. The number of hydrogen-bond donors (Lipinski definition) is 1. The first-order chi connectivity index (χ1) is 14.6. The molecule has 1 N–H and O–H groups in total. The van der Waals surface area contributed by atoms with Gasteiger partial charge in [-0.05, 0) is 44.4 Å². The van der Waals surface area contributed by atoms with Crippen LogP contribution in [-0.4, -0.2) is 23.8 Å². The number of esters is 1. The average Bonchev–Trinajstić information content (AvgIpc) is 2.71. The highest BCUT2D eigenvalue weighted by Gasteiger charge is 2.03. The maximum absolute atomic E-state index is 11.7. The van der Waals surface area contributed by atoms with Gasteiger partial charge in [0.05, 0.1) is 12.7 Å². The van der Waals surface area contributed by atoms with Crippen LogP contribution in [0.15, 0.2) is 12.2 Å². The van der Waals surface area contributed by atoms with Crippen LogP contribution in [0.5, 0.6) is 0 Å². The number of rotatable bonds is 22. The van der Waals surface area contributed by atoms with Gasteiger partial charge in [-0.2, -0.15) is 0 Å². The van der Waals surface area contributed by atoms with Crippen LogP contribution in [0, 0.1) is 5.92 Å². The van der Waals surface area contributed by atoms with Crippen LogP contribution in [0.4, 0.5) is 0 Å². The maximum Gasteiger partial charge on any atom is 0.305 e. The topological polar surface area (TPSA) is 46.5 Å². The van der Waals surface area contributed by atoms with Crippen LogP contribution >= 0.6 is 0 Å². The zero-order valence-electron chi connectivity index (χ0n) is 20.5.